The van der Waals surface area contributed by atoms with Gasteiger partial charge in [-0.1, -0.05) is 6.92 Å². The van der Waals surface area contributed by atoms with Gasteiger partial charge in [-0.3, -0.25) is 0 Å². The second kappa shape index (κ2) is 6.06. The summed E-state index contributed by atoms with van der Waals surface area (Å²) >= 11 is 1.71. The molecule has 0 amide bonds. The van der Waals surface area contributed by atoms with Crippen LogP contribution in [0.15, 0.2) is 11.6 Å². The Morgan fingerprint density at radius 1 is 1.50 bits per heavy atom. The average molecular weight is 265 g/mol. The van der Waals surface area contributed by atoms with Gasteiger partial charge in [0.2, 0.25) is 0 Å². The zero-order valence-electron chi connectivity index (χ0n) is 11.1. The average Bonchev–Trinajstić information content (AvgIpc) is 2.93. The quantitative estimate of drug-likeness (QED) is 0.866. The highest BCUT2D eigenvalue weighted by molar-refractivity contribution is 7.09. The minimum Gasteiger partial charge on any atom is -0.308 e. The number of aromatic nitrogens is 4. The van der Waals surface area contributed by atoms with Crippen LogP contribution in [0.4, 0.5) is 0 Å². The van der Waals surface area contributed by atoms with Crippen LogP contribution in [0, 0.1) is 6.92 Å². The molecule has 6 heteroatoms. The highest BCUT2D eigenvalue weighted by atomic mass is 32.1. The predicted molar refractivity (Wildman–Crippen MR) is 72.6 cm³/mol. The van der Waals surface area contributed by atoms with Gasteiger partial charge >= 0.3 is 0 Å². The van der Waals surface area contributed by atoms with Crippen molar-refractivity contribution >= 4 is 11.3 Å². The molecule has 0 fully saturated rings. The van der Waals surface area contributed by atoms with Crippen LogP contribution in [0.3, 0.4) is 0 Å². The first-order valence-corrected chi connectivity index (χ1v) is 7.07. The second-order valence-corrected chi connectivity index (χ2v) is 5.29. The molecular weight excluding hydrogens is 246 g/mol. The van der Waals surface area contributed by atoms with Crippen molar-refractivity contribution in [2.24, 2.45) is 7.05 Å². The van der Waals surface area contributed by atoms with Crippen LogP contribution in [-0.2, 0) is 13.5 Å². The first-order chi connectivity index (χ1) is 8.69. The minimum absolute atomic E-state index is 0.198. The third-order valence-corrected chi connectivity index (χ3v) is 3.65. The van der Waals surface area contributed by atoms with E-state index in [-0.39, 0.29) is 6.04 Å². The normalized spacial score (nSPS) is 12.8. The van der Waals surface area contributed by atoms with Gasteiger partial charge < -0.3 is 5.32 Å². The standard InChI is InChI=1S/C12H19N5S/c1-4-5-13-10(11-7-14-17(3)16-11)6-12-15-9(2)8-18-12/h7-8,10,13H,4-6H2,1-3H3. The molecule has 2 rings (SSSR count). The van der Waals surface area contributed by atoms with Crippen molar-refractivity contribution in [1.29, 1.82) is 0 Å². The number of nitrogens with zero attached hydrogens (tertiary/aromatic N) is 4. The topological polar surface area (TPSA) is 55.6 Å². The first-order valence-electron chi connectivity index (χ1n) is 6.19. The number of hydrogen-bond donors (Lipinski definition) is 1. The van der Waals surface area contributed by atoms with Crippen LogP contribution < -0.4 is 5.32 Å². The largest absolute Gasteiger partial charge is 0.308 e. The molecule has 98 valence electrons. The third-order valence-electron chi connectivity index (χ3n) is 2.66. The molecule has 0 spiro atoms. The second-order valence-electron chi connectivity index (χ2n) is 4.35. The Morgan fingerprint density at radius 2 is 2.33 bits per heavy atom. The van der Waals surface area contributed by atoms with E-state index in [1.807, 2.05) is 20.2 Å². The van der Waals surface area contributed by atoms with Crippen LogP contribution in [0.2, 0.25) is 0 Å². The molecule has 0 saturated heterocycles. The van der Waals surface area contributed by atoms with Crippen molar-refractivity contribution in [2.75, 3.05) is 6.54 Å². The Balaban J connectivity index is 2.09. The molecule has 0 saturated carbocycles. The molecule has 0 aliphatic heterocycles. The molecule has 0 aliphatic carbocycles. The maximum atomic E-state index is 4.51. The van der Waals surface area contributed by atoms with Crippen LogP contribution in [0.5, 0.6) is 0 Å². The van der Waals surface area contributed by atoms with Crippen molar-refractivity contribution in [3.05, 3.63) is 28.0 Å². The van der Waals surface area contributed by atoms with E-state index in [2.05, 4.69) is 32.8 Å². The number of thiazole rings is 1. The maximum absolute atomic E-state index is 4.51. The fourth-order valence-electron chi connectivity index (χ4n) is 1.79. The van der Waals surface area contributed by atoms with Crippen LogP contribution in [0.25, 0.3) is 0 Å². The van der Waals surface area contributed by atoms with E-state index < -0.39 is 0 Å². The van der Waals surface area contributed by atoms with Crippen LogP contribution in [-0.4, -0.2) is 26.5 Å². The van der Waals surface area contributed by atoms with E-state index in [0.29, 0.717) is 0 Å². The fourth-order valence-corrected chi connectivity index (χ4v) is 2.61. The fraction of sp³-hybridized carbons (Fsp3) is 0.583. The summed E-state index contributed by atoms with van der Waals surface area (Å²) < 4.78 is 0. The van der Waals surface area contributed by atoms with Crippen LogP contribution >= 0.6 is 11.3 Å². The molecule has 1 N–H and O–H groups in total. The predicted octanol–water partition coefficient (Wildman–Crippen LogP) is 1.86. The van der Waals surface area contributed by atoms with E-state index in [9.17, 15) is 0 Å². The lowest BCUT2D eigenvalue weighted by molar-refractivity contribution is 0.507. The molecule has 2 aromatic heterocycles. The van der Waals surface area contributed by atoms with Gasteiger partial charge in [0.25, 0.3) is 0 Å². The van der Waals surface area contributed by atoms with Crippen molar-refractivity contribution in [1.82, 2.24) is 25.3 Å². The van der Waals surface area contributed by atoms with Gasteiger partial charge in [-0.15, -0.1) is 11.3 Å². The smallest absolute Gasteiger partial charge is 0.100 e. The number of rotatable bonds is 6. The van der Waals surface area contributed by atoms with E-state index in [4.69, 9.17) is 0 Å². The van der Waals surface area contributed by atoms with Gasteiger partial charge in [0.1, 0.15) is 5.69 Å². The molecule has 0 bridgehead atoms. The summed E-state index contributed by atoms with van der Waals surface area (Å²) in [6, 6.07) is 0.198. The van der Waals surface area contributed by atoms with Crippen molar-refractivity contribution in [3.8, 4) is 0 Å². The van der Waals surface area contributed by atoms with Gasteiger partial charge in [-0.2, -0.15) is 15.0 Å². The molecule has 5 nitrogen and oxygen atoms in total. The SMILES string of the molecule is CCCNC(Cc1nc(C)cs1)c1cnn(C)n1. The van der Waals surface area contributed by atoms with E-state index >= 15 is 0 Å². The molecule has 2 aromatic rings. The maximum Gasteiger partial charge on any atom is 0.100 e. The molecule has 18 heavy (non-hydrogen) atoms. The monoisotopic (exact) mass is 265 g/mol. The summed E-state index contributed by atoms with van der Waals surface area (Å²) in [5, 5.41) is 15.3. The van der Waals surface area contributed by atoms with Crippen molar-refractivity contribution in [2.45, 2.75) is 32.7 Å². The lowest BCUT2D eigenvalue weighted by Crippen LogP contribution is -2.24. The molecule has 0 aliphatic rings. The number of hydrogen-bond acceptors (Lipinski definition) is 5. The Hall–Kier alpha value is -1.27. The first kappa shape index (κ1) is 13.2. The van der Waals surface area contributed by atoms with Crippen LogP contribution in [0.1, 0.15) is 35.8 Å². The van der Waals surface area contributed by atoms with Gasteiger partial charge in [0, 0.05) is 24.5 Å². The summed E-state index contributed by atoms with van der Waals surface area (Å²) in [5.41, 5.74) is 2.07. The molecule has 1 atom stereocenters. The molecule has 1 unspecified atom stereocenters. The molecular formula is C12H19N5S. The van der Waals surface area contributed by atoms with Crippen molar-refractivity contribution < 1.29 is 0 Å². The van der Waals surface area contributed by atoms with Gasteiger partial charge in [0.05, 0.1) is 17.2 Å². The summed E-state index contributed by atoms with van der Waals surface area (Å²) in [4.78, 5) is 6.11. The molecule has 0 radical (unpaired) electrons. The van der Waals surface area contributed by atoms with E-state index in [1.165, 1.54) is 0 Å². The van der Waals surface area contributed by atoms with Gasteiger partial charge in [-0.25, -0.2) is 4.98 Å². The Morgan fingerprint density at radius 3 is 2.89 bits per heavy atom. The van der Waals surface area contributed by atoms with Gasteiger partial charge in [-0.05, 0) is 19.9 Å². The molecule has 0 aromatic carbocycles. The summed E-state index contributed by atoms with van der Waals surface area (Å²) in [7, 11) is 1.84. The Kier molecular flexibility index (Phi) is 4.43. The third kappa shape index (κ3) is 3.36. The Bertz CT molecular complexity index is 490. The number of nitrogens with one attached hydrogen (secondary N) is 1. The summed E-state index contributed by atoms with van der Waals surface area (Å²) in [6.07, 6.45) is 3.80. The minimum atomic E-state index is 0.198. The highest BCUT2D eigenvalue weighted by Crippen LogP contribution is 2.19. The summed E-state index contributed by atoms with van der Waals surface area (Å²) in [5.74, 6) is 0. The zero-order valence-corrected chi connectivity index (χ0v) is 11.9. The highest BCUT2D eigenvalue weighted by Gasteiger charge is 2.16. The number of aryl methyl sites for hydroxylation is 2. The lowest BCUT2D eigenvalue weighted by Gasteiger charge is -2.14. The van der Waals surface area contributed by atoms with Gasteiger partial charge in [0.15, 0.2) is 0 Å². The van der Waals surface area contributed by atoms with E-state index in [1.54, 1.807) is 16.1 Å². The zero-order chi connectivity index (χ0) is 13.0. The van der Waals surface area contributed by atoms with Crippen molar-refractivity contribution in [3.63, 3.8) is 0 Å². The lowest BCUT2D eigenvalue weighted by atomic mass is 10.1. The van der Waals surface area contributed by atoms with E-state index in [0.717, 1.165) is 35.8 Å². The summed E-state index contributed by atoms with van der Waals surface area (Å²) in [6.45, 7) is 5.16. The molecule has 2 heterocycles. The Labute approximate surface area is 111 Å².